The third-order valence-corrected chi connectivity index (χ3v) is 5.19. The van der Waals surface area contributed by atoms with Crippen molar-refractivity contribution in [3.63, 3.8) is 0 Å². The molecule has 0 aliphatic carbocycles. The Kier molecular flexibility index (Phi) is 4.02. The van der Waals surface area contributed by atoms with E-state index in [9.17, 15) is 4.79 Å². The summed E-state index contributed by atoms with van der Waals surface area (Å²) in [4.78, 5) is 12.9. The average molecular weight is 362 g/mol. The Balaban J connectivity index is 1.75. The van der Waals surface area contributed by atoms with Gasteiger partial charge in [0.15, 0.2) is 0 Å². The van der Waals surface area contributed by atoms with Crippen LogP contribution >= 0.6 is 0 Å². The van der Waals surface area contributed by atoms with Crippen LogP contribution in [0, 0.1) is 0 Å². The minimum Gasteiger partial charge on any atom is -0.423 e. The van der Waals surface area contributed by atoms with E-state index in [1.54, 1.807) is 0 Å². The monoisotopic (exact) mass is 362 g/mol. The summed E-state index contributed by atoms with van der Waals surface area (Å²) in [6, 6.07) is 32.4. The lowest BCUT2D eigenvalue weighted by atomic mass is 9.88. The second-order valence-electron chi connectivity index (χ2n) is 6.96. The van der Waals surface area contributed by atoms with Gasteiger partial charge in [-0.3, -0.25) is 0 Å². The zero-order valence-electron chi connectivity index (χ0n) is 15.3. The molecule has 0 N–H and O–H groups in total. The topological polar surface area (TPSA) is 26.3 Å². The Morgan fingerprint density at radius 2 is 1.39 bits per heavy atom. The van der Waals surface area contributed by atoms with Gasteiger partial charge in [0.25, 0.3) is 0 Å². The molecule has 0 radical (unpaired) electrons. The molecule has 0 fully saturated rings. The molecular weight excluding hydrogens is 344 g/mol. The Morgan fingerprint density at radius 1 is 0.679 bits per heavy atom. The third-order valence-electron chi connectivity index (χ3n) is 5.19. The van der Waals surface area contributed by atoms with E-state index in [2.05, 4.69) is 30.3 Å². The summed E-state index contributed by atoms with van der Waals surface area (Å²) in [6.07, 6.45) is 0.562. The van der Waals surface area contributed by atoms with E-state index in [0.29, 0.717) is 17.7 Å². The van der Waals surface area contributed by atoms with E-state index in [1.807, 2.05) is 66.7 Å². The van der Waals surface area contributed by atoms with Gasteiger partial charge >= 0.3 is 5.97 Å². The highest BCUT2D eigenvalue weighted by molar-refractivity contribution is 6.05. The maximum absolute atomic E-state index is 12.9. The molecule has 0 aromatic heterocycles. The molecule has 0 unspecified atom stereocenters. The van der Waals surface area contributed by atoms with Crippen LogP contribution in [0.4, 0.5) is 0 Å². The van der Waals surface area contributed by atoms with Crippen molar-refractivity contribution in [2.24, 2.45) is 0 Å². The predicted molar refractivity (Wildman–Crippen MR) is 112 cm³/mol. The summed E-state index contributed by atoms with van der Waals surface area (Å²) >= 11 is 0. The van der Waals surface area contributed by atoms with Gasteiger partial charge in [0, 0.05) is 6.42 Å². The number of benzene rings is 4. The number of hydrogen-bond donors (Lipinski definition) is 0. The van der Waals surface area contributed by atoms with Crippen molar-refractivity contribution in [3.8, 4) is 5.75 Å². The summed E-state index contributed by atoms with van der Waals surface area (Å²) in [7, 11) is 0. The van der Waals surface area contributed by atoms with Gasteiger partial charge in [-0.25, -0.2) is 4.79 Å². The first-order valence-electron chi connectivity index (χ1n) is 9.37. The Labute approximate surface area is 163 Å². The van der Waals surface area contributed by atoms with E-state index in [1.165, 1.54) is 5.39 Å². The van der Waals surface area contributed by atoms with Crippen molar-refractivity contribution >= 4 is 22.3 Å². The smallest absolute Gasteiger partial charge is 0.340 e. The molecule has 0 bridgehead atoms. The van der Waals surface area contributed by atoms with Gasteiger partial charge in [-0.2, -0.15) is 0 Å². The van der Waals surface area contributed by atoms with Crippen LogP contribution in [0.2, 0.25) is 0 Å². The second-order valence-corrected chi connectivity index (χ2v) is 6.96. The van der Waals surface area contributed by atoms with Gasteiger partial charge in [0.2, 0.25) is 0 Å². The lowest BCUT2D eigenvalue weighted by Gasteiger charge is -2.22. The van der Waals surface area contributed by atoms with Gasteiger partial charge in [0.1, 0.15) is 5.75 Å². The molecule has 1 aliphatic heterocycles. The van der Waals surface area contributed by atoms with E-state index in [-0.39, 0.29) is 5.97 Å². The largest absolute Gasteiger partial charge is 0.423 e. The van der Waals surface area contributed by atoms with Gasteiger partial charge in [-0.05, 0) is 45.2 Å². The van der Waals surface area contributed by atoms with Crippen molar-refractivity contribution in [2.45, 2.75) is 6.42 Å². The Morgan fingerprint density at radius 3 is 2.25 bits per heavy atom. The first kappa shape index (κ1) is 16.5. The van der Waals surface area contributed by atoms with Crippen LogP contribution in [0.15, 0.2) is 103 Å². The SMILES string of the molecule is O=C1Oc2ccccc2C/C1=C(\c1ccccc1)c1ccc2ccccc2c1. The normalized spacial score (nSPS) is 15.1. The summed E-state index contributed by atoms with van der Waals surface area (Å²) < 4.78 is 5.66. The minimum absolute atomic E-state index is 0.272. The van der Waals surface area contributed by atoms with Crippen LogP contribution in [0.25, 0.3) is 16.3 Å². The highest BCUT2D eigenvalue weighted by atomic mass is 16.5. The van der Waals surface area contributed by atoms with Crippen LogP contribution in [-0.4, -0.2) is 5.97 Å². The van der Waals surface area contributed by atoms with E-state index < -0.39 is 0 Å². The fourth-order valence-electron chi connectivity index (χ4n) is 3.83. The first-order valence-corrected chi connectivity index (χ1v) is 9.37. The fourth-order valence-corrected chi connectivity index (χ4v) is 3.83. The van der Waals surface area contributed by atoms with E-state index >= 15 is 0 Å². The number of rotatable bonds is 2. The fraction of sp³-hybridized carbons (Fsp3) is 0.0385. The number of esters is 1. The van der Waals surface area contributed by atoms with Crippen molar-refractivity contribution in [2.75, 3.05) is 0 Å². The quantitative estimate of drug-likeness (QED) is 0.256. The zero-order chi connectivity index (χ0) is 18.9. The number of carbonyl (C=O) groups is 1. The molecular formula is C26H18O2. The molecule has 0 saturated heterocycles. The zero-order valence-corrected chi connectivity index (χ0v) is 15.3. The van der Waals surface area contributed by atoms with Crippen molar-refractivity contribution in [3.05, 3.63) is 119 Å². The van der Waals surface area contributed by atoms with Crippen molar-refractivity contribution in [1.29, 1.82) is 0 Å². The first-order chi connectivity index (χ1) is 13.8. The highest BCUT2D eigenvalue weighted by Crippen LogP contribution is 2.35. The molecule has 0 amide bonds. The molecule has 0 saturated carbocycles. The summed E-state index contributed by atoms with van der Waals surface area (Å²) in [5, 5.41) is 2.33. The average Bonchev–Trinajstić information content (AvgIpc) is 2.75. The van der Waals surface area contributed by atoms with Gasteiger partial charge in [-0.1, -0.05) is 84.9 Å². The Hall–Kier alpha value is -3.65. The van der Waals surface area contributed by atoms with Crippen LogP contribution in [-0.2, 0) is 11.2 Å². The molecule has 1 aliphatic rings. The van der Waals surface area contributed by atoms with Crippen molar-refractivity contribution in [1.82, 2.24) is 0 Å². The van der Waals surface area contributed by atoms with Crippen molar-refractivity contribution < 1.29 is 9.53 Å². The number of hydrogen-bond acceptors (Lipinski definition) is 2. The Bertz CT molecular complexity index is 1220. The number of carbonyl (C=O) groups excluding carboxylic acids is 1. The van der Waals surface area contributed by atoms with Gasteiger partial charge < -0.3 is 4.74 Å². The molecule has 0 spiro atoms. The standard InChI is InChI=1S/C26H18O2/c27-26-23(17-21-12-6-7-13-24(21)28-26)25(19-9-2-1-3-10-19)22-15-14-18-8-4-5-11-20(18)16-22/h1-16H,17H2/b25-23-. The van der Waals surface area contributed by atoms with E-state index in [0.717, 1.165) is 27.6 Å². The molecule has 4 aromatic rings. The summed E-state index contributed by atoms with van der Waals surface area (Å²) in [5.41, 5.74) is 4.71. The second kappa shape index (κ2) is 6.82. The molecule has 1 heterocycles. The minimum atomic E-state index is -0.272. The number of fused-ring (bicyclic) bond motifs is 2. The molecule has 0 atom stereocenters. The van der Waals surface area contributed by atoms with Crippen LogP contribution in [0.1, 0.15) is 16.7 Å². The van der Waals surface area contributed by atoms with Crippen LogP contribution in [0.3, 0.4) is 0 Å². The number of para-hydroxylation sites is 1. The lowest BCUT2D eigenvalue weighted by Crippen LogP contribution is -2.21. The third kappa shape index (κ3) is 2.89. The van der Waals surface area contributed by atoms with Gasteiger partial charge in [0.05, 0.1) is 5.57 Å². The molecule has 4 aromatic carbocycles. The molecule has 2 nitrogen and oxygen atoms in total. The van der Waals surface area contributed by atoms with Crippen LogP contribution < -0.4 is 4.74 Å². The summed E-state index contributed by atoms with van der Waals surface area (Å²) in [6.45, 7) is 0. The van der Waals surface area contributed by atoms with Gasteiger partial charge in [-0.15, -0.1) is 0 Å². The molecule has 28 heavy (non-hydrogen) atoms. The lowest BCUT2D eigenvalue weighted by molar-refractivity contribution is -0.130. The van der Waals surface area contributed by atoms with E-state index in [4.69, 9.17) is 4.74 Å². The maximum Gasteiger partial charge on any atom is 0.340 e. The molecule has 2 heteroatoms. The summed E-state index contributed by atoms with van der Waals surface area (Å²) in [5.74, 6) is 0.382. The maximum atomic E-state index is 12.9. The highest BCUT2D eigenvalue weighted by Gasteiger charge is 2.26. The van der Waals surface area contributed by atoms with Crippen LogP contribution in [0.5, 0.6) is 5.75 Å². The number of ether oxygens (including phenoxy) is 1. The predicted octanol–water partition coefficient (Wildman–Crippen LogP) is 5.80. The molecule has 134 valence electrons. The molecule has 5 rings (SSSR count).